The molecular weight excluding hydrogens is 454 g/mol. The first-order chi connectivity index (χ1) is 16.0. The van der Waals surface area contributed by atoms with Gasteiger partial charge in [-0.25, -0.2) is 13.1 Å². The number of pyridine rings is 1. The van der Waals surface area contributed by atoms with Crippen LogP contribution in [0.5, 0.6) is 0 Å². The summed E-state index contributed by atoms with van der Waals surface area (Å²) < 4.78 is 26.3. The van der Waals surface area contributed by atoms with E-state index in [1.165, 1.54) is 29.5 Å². The van der Waals surface area contributed by atoms with Gasteiger partial charge in [-0.2, -0.15) is 0 Å². The van der Waals surface area contributed by atoms with Gasteiger partial charge < -0.3 is 4.90 Å². The summed E-state index contributed by atoms with van der Waals surface area (Å²) in [6, 6.07) is 12.7. The van der Waals surface area contributed by atoms with Crippen molar-refractivity contribution < 1.29 is 13.2 Å². The minimum atomic E-state index is -3.46. The number of fused-ring (bicyclic) bond motifs is 1. The lowest BCUT2D eigenvalue weighted by Gasteiger charge is -2.27. The number of hydrogen-bond donors (Lipinski definition) is 1. The van der Waals surface area contributed by atoms with E-state index in [1.807, 2.05) is 28.6 Å². The molecule has 1 aliphatic carbocycles. The summed E-state index contributed by atoms with van der Waals surface area (Å²) in [5, 5.41) is 1.93. The third kappa shape index (κ3) is 4.17. The number of carbonyl (C=O) groups excluding carboxylic acids is 1. The van der Waals surface area contributed by atoms with Gasteiger partial charge in [0.2, 0.25) is 10.0 Å². The number of sulfonamides is 1. The molecule has 2 aromatic heterocycles. The predicted octanol–water partition coefficient (Wildman–Crippen LogP) is 4.13. The second-order valence-electron chi connectivity index (χ2n) is 7.98. The molecule has 1 aromatic carbocycles. The number of carbonyl (C=O) groups is 1. The van der Waals surface area contributed by atoms with E-state index in [0.29, 0.717) is 13.1 Å². The lowest BCUT2D eigenvalue weighted by molar-refractivity contribution is 0.0774. The molecule has 0 fully saturated rings. The van der Waals surface area contributed by atoms with Crippen molar-refractivity contribution in [3.8, 4) is 11.1 Å². The molecule has 1 amide bonds. The van der Waals surface area contributed by atoms with Gasteiger partial charge in [-0.05, 0) is 59.8 Å². The van der Waals surface area contributed by atoms with Crippen LogP contribution >= 0.6 is 11.3 Å². The SMILES string of the molecule is CNS(=O)(=O)c1ccc(-c2cnc3c(c2)C(C2=CCN(C(=O)c4cccs4)CC2)=CC3)cc1. The standard InChI is InChI=1S/C25H23N3O3S2/c1-26-33(30,31)20-6-4-17(5-7-20)19-15-22-21(8-9-23(22)27-16-19)18-10-12-28(13-11-18)25(29)24-3-2-14-32-24/h2-8,10,14-16,26H,9,11-13H2,1H3. The first-order valence-corrected chi connectivity index (χ1v) is 13.1. The van der Waals surface area contributed by atoms with E-state index in [-0.39, 0.29) is 10.8 Å². The Morgan fingerprint density at radius 1 is 1.12 bits per heavy atom. The van der Waals surface area contributed by atoms with Crippen molar-refractivity contribution in [1.82, 2.24) is 14.6 Å². The summed E-state index contributed by atoms with van der Waals surface area (Å²) >= 11 is 1.48. The predicted molar refractivity (Wildman–Crippen MR) is 131 cm³/mol. The van der Waals surface area contributed by atoms with Crippen molar-refractivity contribution in [3.05, 3.63) is 87.9 Å². The Balaban J connectivity index is 1.37. The third-order valence-electron chi connectivity index (χ3n) is 6.10. The van der Waals surface area contributed by atoms with Crippen molar-refractivity contribution in [2.24, 2.45) is 0 Å². The van der Waals surface area contributed by atoms with Crippen LogP contribution in [0.25, 0.3) is 16.7 Å². The van der Waals surface area contributed by atoms with Gasteiger partial charge in [0.05, 0.1) is 15.5 Å². The molecule has 0 spiro atoms. The fraction of sp³-hybridized carbons (Fsp3) is 0.200. The van der Waals surface area contributed by atoms with E-state index in [4.69, 9.17) is 0 Å². The second kappa shape index (κ2) is 8.70. The molecule has 3 aromatic rings. The fourth-order valence-corrected chi connectivity index (χ4v) is 5.68. The molecule has 0 unspecified atom stereocenters. The van der Waals surface area contributed by atoms with Crippen LogP contribution in [-0.4, -0.2) is 44.3 Å². The van der Waals surface area contributed by atoms with E-state index in [1.54, 1.807) is 24.3 Å². The molecule has 0 atom stereocenters. The Morgan fingerprint density at radius 3 is 2.61 bits per heavy atom. The van der Waals surface area contributed by atoms with Gasteiger partial charge in [0, 0.05) is 36.8 Å². The molecule has 1 aliphatic heterocycles. The summed E-state index contributed by atoms with van der Waals surface area (Å²) in [5.74, 6) is 0.0915. The van der Waals surface area contributed by atoms with Crippen LogP contribution in [0.1, 0.15) is 27.3 Å². The summed E-state index contributed by atoms with van der Waals surface area (Å²) in [4.78, 5) is 20.2. The van der Waals surface area contributed by atoms with Gasteiger partial charge >= 0.3 is 0 Å². The number of hydrogen-bond acceptors (Lipinski definition) is 5. The van der Waals surface area contributed by atoms with Crippen LogP contribution < -0.4 is 4.72 Å². The van der Waals surface area contributed by atoms with Crippen molar-refractivity contribution >= 4 is 32.8 Å². The monoisotopic (exact) mass is 477 g/mol. The average molecular weight is 478 g/mol. The first-order valence-electron chi connectivity index (χ1n) is 10.7. The Hall–Kier alpha value is -3.07. The molecule has 8 heteroatoms. The number of rotatable bonds is 5. The van der Waals surface area contributed by atoms with E-state index < -0.39 is 10.0 Å². The molecule has 0 saturated carbocycles. The van der Waals surface area contributed by atoms with E-state index in [2.05, 4.69) is 27.9 Å². The van der Waals surface area contributed by atoms with Gasteiger partial charge in [0.15, 0.2) is 0 Å². The molecule has 1 N–H and O–H groups in total. The normalized spacial score (nSPS) is 15.7. The van der Waals surface area contributed by atoms with Gasteiger partial charge in [0.1, 0.15) is 0 Å². The summed E-state index contributed by atoms with van der Waals surface area (Å²) in [6.45, 7) is 1.30. The summed E-state index contributed by atoms with van der Waals surface area (Å²) in [7, 11) is -2.06. The third-order valence-corrected chi connectivity index (χ3v) is 8.39. The minimum Gasteiger partial charge on any atom is -0.334 e. The van der Waals surface area contributed by atoms with Crippen LogP contribution in [0.3, 0.4) is 0 Å². The maximum Gasteiger partial charge on any atom is 0.264 e. The van der Waals surface area contributed by atoms with Gasteiger partial charge in [-0.15, -0.1) is 11.3 Å². The van der Waals surface area contributed by atoms with Crippen LogP contribution in [0.15, 0.2) is 76.7 Å². The maximum absolute atomic E-state index is 12.6. The number of benzene rings is 1. The van der Waals surface area contributed by atoms with Crippen molar-refractivity contribution in [2.45, 2.75) is 17.7 Å². The summed E-state index contributed by atoms with van der Waals surface area (Å²) in [5.41, 5.74) is 6.46. The summed E-state index contributed by atoms with van der Waals surface area (Å²) in [6.07, 6.45) is 7.81. The minimum absolute atomic E-state index is 0.0915. The quantitative estimate of drug-likeness (QED) is 0.599. The number of aromatic nitrogens is 1. The molecule has 5 rings (SSSR count). The molecule has 2 aliphatic rings. The molecular formula is C25H23N3O3S2. The largest absolute Gasteiger partial charge is 0.334 e. The van der Waals surface area contributed by atoms with Crippen LogP contribution in [0, 0.1) is 0 Å². The Bertz CT molecular complexity index is 1370. The second-order valence-corrected chi connectivity index (χ2v) is 10.8. The maximum atomic E-state index is 12.6. The van der Waals surface area contributed by atoms with Crippen LogP contribution in [-0.2, 0) is 16.4 Å². The number of nitrogens with zero attached hydrogens (tertiary/aromatic N) is 2. The van der Waals surface area contributed by atoms with Crippen molar-refractivity contribution in [2.75, 3.05) is 20.1 Å². The Labute approximate surface area is 197 Å². The van der Waals surface area contributed by atoms with Crippen LogP contribution in [0.2, 0.25) is 0 Å². The molecule has 168 valence electrons. The smallest absolute Gasteiger partial charge is 0.264 e. The number of thiophene rings is 1. The fourth-order valence-electron chi connectivity index (χ4n) is 4.26. The lowest BCUT2D eigenvalue weighted by Crippen LogP contribution is -2.34. The van der Waals surface area contributed by atoms with Crippen molar-refractivity contribution in [3.63, 3.8) is 0 Å². The first kappa shape index (κ1) is 21.8. The molecule has 0 bridgehead atoms. The average Bonchev–Trinajstić information content (AvgIpc) is 3.54. The topological polar surface area (TPSA) is 79.4 Å². The van der Waals surface area contributed by atoms with E-state index >= 15 is 0 Å². The van der Waals surface area contributed by atoms with E-state index in [0.717, 1.165) is 40.1 Å². The number of allylic oxidation sites excluding steroid dienone is 2. The molecule has 0 saturated heterocycles. The Kier molecular flexibility index (Phi) is 5.74. The zero-order chi connectivity index (χ0) is 23.0. The molecule has 3 heterocycles. The number of nitrogens with one attached hydrogen (secondary N) is 1. The number of amides is 1. The Morgan fingerprint density at radius 2 is 1.94 bits per heavy atom. The highest BCUT2D eigenvalue weighted by atomic mass is 32.2. The highest BCUT2D eigenvalue weighted by molar-refractivity contribution is 7.89. The van der Waals surface area contributed by atoms with Gasteiger partial charge in [-0.1, -0.05) is 30.4 Å². The van der Waals surface area contributed by atoms with Crippen molar-refractivity contribution in [1.29, 1.82) is 0 Å². The van der Waals surface area contributed by atoms with E-state index in [9.17, 15) is 13.2 Å². The lowest BCUT2D eigenvalue weighted by atomic mass is 9.94. The molecule has 33 heavy (non-hydrogen) atoms. The highest BCUT2D eigenvalue weighted by Crippen LogP contribution is 2.37. The zero-order valence-corrected chi connectivity index (χ0v) is 19.7. The molecule has 6 nitrogen and oxygen atoms in total. The zero-order valence-electron chi connectivity index (χ0n) is 18.1. The van der Waals surface area contributed by atoms with Crippen LogP contribution in [0.4, 0.5) is 0 Å². The highest BCUT2D eigenvalue weighted by Gasteiger charge is 2.24. The van der Waals surface area contributed by atoms with Gasteiger partial charge in [0.25, 0.3) is 5.91 Å². The van der Waals surface area contributed by atoms with Gasteiger partial charge in [-0.3, -0.25) is 9.78 Å². The molecule has 0 radical (unpaired) electrons.